The van der Waals surface area contributed by atoms with Gasteiger partial charge in [-0.1, -0.05) is 44.6 Å². The second-order valence-electron chi connectivity index (χ2n) is 6.03. The van der Waals surface area contributed by atoms with Crippen molar-refractivity contribution in [1.82, 2.24) is 0 Å². The van der Waals surface area contributed by atoms with Crippen LogP contribution in [0.2, 0.25) is 0 Å². The molecule has 0 saturated heterocycles. The molecule has 0 aromatic heterocycles. The monoisotopic (exact) mass is 234 g/mol. The fourth-order valence-electron chi connectivity index (χ4n) is 3.85. The van der Waals surface area contributed by atoms with E-state index in [1.54, 1.807) is 0 Å². The van der Waals surface area contributed by atoms with E-state index in [1.165, 1.54) is 38.5 Å². The first-order chi connectivity index (χ1) is 8.28. The molecule has 0 aliphatic heterocycles. The maximum Gasteiger partial charge on any atom is 0.142 e. The first kappa shape index (κ1) is 12.9. The zero-order valence-electron chi connectivity index (χ0n) is 11.0. The number of allylic oxidation sites excluding steroid dienone is 1. The molecule has 2 aliphatic rings. The number of Topliss-reactive ketones (excluding diaryl/α,β-unsaturated/α-hetero) is 1. The van der Waals surface area contributed by atoms with Gasteiger partial charge in [-0.3, -0.25) is 4.79 Å². The summed E-state index contributed by atoms with van der Waals surface area (Å²) in [5, 5.41) is 0. The summed E-state index contributed by atoms with van der Waals surface area (Å²) in [6, 6.07) is 0. The van der Waals surface area contributed by atoms with Crippen molar-refractivity contribution in [2.75, 3.05) is 0 Å². The lowest BCUT2D eigenvalue weighted by molar-refractivity contribution is -0.135. The summed E-state index contributed by atoms with van der Waals surface area (Å²) in [5.41, 5.74) is -0.0119. The van der Waals surface area contributed by atoms with Crippen molar-refractivity contribution in [3.63, 3.8) is 0 Å². The van der Waals surface area contributed by atoms with Crippen molar-refractivity contribution in [3.8, 4) is 0 Å². The van der Waals surface area contributed by atoms with Crippen molar-refractivity contribution in [2.24, 2.45) is 11.3 Å². The maximum atomic E-state index is 12.8. The summed E-state index contributed by atoms with van der Waals surface area (Å²) in [5.74, 6) is 0.971. The molecule has 0 spiro atoms. The van der Waals surface area contributed by atoms with E-state index in [9.17, 15) is 4.79 Å². The maximum absolute atomic E-state index is 12.8. The average Bonchev–Trinajstić information content (AvgIpc) is 2.40. The second-order valence-corrected chi connectivity index (χ2v) is 6.03. The van der Waals surface area contributed by atoms with Gasteiger partial charge in [-0.2, -0.15) is 0 Å². The van der Waals surface area contributed by atoms with Gasteiger partial charge >= 0.3 is 0 Å². The molecule has 0 amide bonds. The SMILES string of the molecule is C=CCC1(C(=O)C2CCCCC2)CCCCC1. The van der Waals surface area contributed by atoms with Crippen LogP contribution in [0.4, 0.5) is 0 Å². The van der Waals surface area contributed by atoms with Crippen molar-refractivity contribution < 1.29 is 4.79 Å². The summed E-state index contributed by atoms with van der Waals surface area (Å²) < 4.78 is 0. The van der Waals surface area contributed by atoms with Crippen LogP contribution < -0.4 is 0 Å². The molecule has 2 rings (SSSR count). The molecule has 2 fully saturated rings. The van der Waals surface area contributed by atoms with Gasteiger partial charge in [0, 0.05) is 11.3 Å². The van der Waals surface area contributed by atoms with E-state index in [0.29, 0.717) is 11.7 Å². The van der Waals surface area contributed by atoms with Gasteiger partial charge in [0.1, 0.15) is 5.78 Å². The molecular formula is C16H26O. The van der Waals surface area contributed by atoms with Crippen LogP contribution >= 0.6 is 0 Å². The van der Waals surface area contributed by atoms with Gasteiger partial charge in [0.2, 0.25) is 0 Å². The second kappa shape index (κ2) is 5.84. The van der Waals surface area contributed by atoms with E-state index in [1.807, 2.05) is 6.08 Å². The number of hydrogen-bond donors (Lipinski definition) is 0. The van der Waals surface area contributed by atoms with Crippen molar-refractivity contribution >= 4 is 5.78 Å². The largest absolute Gasteiger partial charge is 0.299 e. The molecule has 0 atom stereocenters. The lowest BCUT2D eigenvalue weighted by Crippen LogP contribution is -2.38. The first-order valence-electron chi connectivity index (χ1n) is 7.44. The standard InChI is InChI=1S/C16H26O/c1-2-11-16(12-7-4-8-13-16)15(17)14-9-5-3-6-10-14/h2,14H,1,3-13H2. The molecule has 2 saturated carbocycles. The number of ketones is 1. The minimum absolute atomic E-state index is 0.0119. The fraction of sp³-hybridized carbons (Fsp3) is 0.812. The predicted molar refractivity (Wildman–Crippen MR) is 71.9 cm³/mol. The molecule has 0 bridgehead atoms. The quantitative estimate of drug-likeness (QED) is 0.646. The highest BCUT2D eigenvalue weighted by atomic mass is 16.1. The van der Waals surface area contributed by atoms with E-state index in [4.69, 9.17) is 0 Å². The smallest absolute Gasteiger partial charge is 0.142 e. The Bertz CT molecular complexity index is 267. The molecule has 0 unspecified atom stereocenters. The Labute approximate surface area is 106 Å². The molecule has 0 aromatic carbocycles. The number of carbonyl (C=O) groups excluding carboxylic acids is 1. The van der Waals surface area contributed by atoms with Gasteiger partial charge in [-0.25, -0.2) is 0 Å². The minimum Gasteiger partial charge on any atom is -0.299 e. The highest BCUT2D eigenvalue weighted by molar-refractivity contribution is 5.87. The molecule has 2 aliphatic carbocycles. The van der Waals surface area contributed by atoms with E-state index in [2.05, 4.69) is 6.58 Å². The van der Waals surface area contributed by atoms with Crippen LogP contribution in [-0.2, 0) is 4.79 Å². The number of rotatable bonds is 4. The Morgan fingerprint density at radius 3 is 2.24 bits per heavy atom. The van der Waals surface area contributed by atoms with Gasteiger partial charge in [0.15, 0.2) is 0 Å². The fourth-order valence-corrected chi connectivity index (χ4v) is 3.85. The molecule has 17 heavy (non-hydrogen) atoms. The highest BCUT2D eigenvalue weighted by Gasteiger charge is 2.41. The van der Waals surface area contributed by atoms with Crippen LogP contribution in [0.5, 0.6) is 0 Å². The van der Waals surface area contributed by atoms with Crippen LogP contribution in [0.25, 0.3) is 0 Å². The zero-order valence-corrected chi connectivity index (χ0v) is 11.0. The van der Waals surface area contributed by atoms with Gasteiger partial charge in [-0.05, 0) is 32.1 Å². The third kappa shape index (κ3) is 2.81. The van der Waals surface area contributed by atoms with Gasteiger partial charge in [0.25, 0.3) is 0 Å². The molecular weight excluding hydrogens is 208 g/mol. The summed E-state index contributed by atoms with van der Waals surface area (Å²) >= 11 is 0. The predicted octanol–water partition coefficient (Wildman–Crippen LogP) is 4.66. The molecule has 1 heteroatoms. The van der Waals surface area contributed by atoms with E-state index >= 15 is 0 Å². The number of hydrogen-bond acceptors (Lipinski definition) is 1. The molecule has 0 aromatic rings. The summed E-state index contributed by atoms with van der Waals surface area (Å²) in [7, 11) is 0. The van der Waals surface area contributed by atoms with Crippen molar-refractivity contribution in [1.29, 1.82) is 0 Å². The third-order valence-electron chi connectivity index (χ3n) is 4.84. The van der Waals surface area contributed by atoms with E-state index in [-0.39, 0.29) is 5.41 Å². The van der Waals surface area contributed by atoms with Crippen LogP contribution in [-0.4, -0.2) is 5.78 Å². The zero-order chi connectivity index (χ0) is 12.1. The summed E-state index contributed by atoms with van der Waals surface area (Å²) in [6.45, 7) is 3.88. The Balaban J connectivity index is 2.08. The highest BCUT2D eigenvalue weighted by Crippen LogP contribution is 2.44. The first-order valence-corrected chi connectivity index (χ1v) is 7.44. The number of carbonyl (C=O) groups is 1. The van der Waals surface area contributed by atoms with Gasteiger partial charge in [-0.15, -0.1) is 6.58 Å². The Morgan fingerprint density at radius 1 is 1.06 bits per heavy atom. The van der Waals surface area contributed by atoms with Crippen molar-refractivity contribution in [3.05, 3.63) is 12.7 Å². The Hall–Kier alpha value is -0.590. The molecule has 0 heterocycles. The van der Waals surface area contributed by atoms with Crippen LogP contribution in [0.1, 0.15) is 70.6 Å². The lowest BCUT2D eigenvalue weighted by atomic mass is 9.64. The summed E-state index contributed by atoms with van der Waals surface area (Å²) in [4.78, 5) is 12.8. The third-order valence-corrected chi connectivity index (χ3v) is 4.84. The van der Waals surface area contributed by atoms with Crippen LogP contribution in [0.15, 0.2) is 12.7 Å². The Kier molecular flexibility index (Phi) is 4.42. The van der Waals surface area contributed by atoms with Gasteiger partial charge < -0.3 is 0 Å². The van der Waals surface area contributed by atoms with Crippen molar-refractivity contribution in [2.45, 2.75) is 70.6 Å². The molecule has 0 radical (unpaired) electrons. The molecule has 1 nitrogen and oxygen atoms in total. The molecule has 96 valence electrons. The van der Waals surface area contributed by atoms with E-state index < -0.39 is 0 Å². The van der Waals surface area contributed by atoms with Gasteiger partial charge in [0.05, 0.1) is 0 Å². The minimum atomic E-state index is -0.0119. The topological polar surface area (TPSA) is 17.1 Å². The normalized spacial score (nSPS) is 25.4. The summed E-state index contributed by atoms with van der Waals surface area (Å²) in [6.07, 6.45) is 15.1. The molecule has 0 N–H and O–H groups in total. The van der Waals surface area contributed by atoms with Crippen LogP contribution in [0, 0.1) is 11.3 Å². The lowest BCUT2D eigenvalue weighted by Gasteiger charge is -2.38. The van der Waals surface area contributed by atoms with E-state index in [0.717, 1.165) is 32.1 Å². The average molecular weight is 234 g/mol. The Morgan fingerprint density at radius 2 is 1.65 bits per heavy atom. The van der Waals surface area contributed by atoms with Crippen LogP contribution in [0.3, 0.4) is 0 Å².